The van der Waals surface area contributed by atoms with E-state index >= 15 is 0 Å². The molecule has 30 heavy (non-hydrogen) atoms. The van der Waals surface area contributed by atoms with Crippen LogP contribution < -0.4 is 10.2 Å². The molecule has 2 aliphatic rings. The molecule has 7 nitrogen and oxygen atoms in total. The van der Waals surface area contributed by atoms with Crippen molar-refractivity contribution < 1.29 is 14.0 Å². The number of aryl methyl sites for hydroxylation is 1. The van der Waals surface area contributed by atoms with Gasteiger partial charge in [-0.25, -0.2) is 9.78 Å². The molecular weight excluding hydrogens is 380 g/mol. The Morgan fingerprint density at radius 3 is 2.73 bits per heavy atom. The molecule has 1 aromatic heterocycles. The Morgan fingerprint density at radius 2 is 1.97 bits per heavy atom. The van der Waals surface area contributed by atoms with Crippen LogP contribution in [0.1, 0.15) is 27.4 Å². The van der Waals surface area contributed by atoms with Crippen LogP contribution in [0.5, 0.6) is 0 Å². The van der Waals surface area contributed by atoms with Gasteiger partial charge in [0.15, 0.2) is 0 Å². The molecule has 2 aromatic carbocycles. The van der Waals surface area contributed by atoms with Crippen molar-refractivity contribution in [1.29, 1.82) is 0 Å². The van der Waals surface area contributed by atoms with Crippen molar-refractivity contribution in [2.24, 2.45) is 0 Å². The summed E-state index contributed by atoms with van der Waals surface area (Å²) < 4.78 is 5.94. The number of urea groups is 1. The molecule has 152 valence electrons. The SMILES string of the molecule is Cc1ccc(C(=O)N2CCc3oc(-c4ccccc4)nc3C2)cc1N1CCNC1=O. The summed E-state index contributed by atoms with van der Waals surface area (Å²) in [5, 5.41) is 2.81. The highest BCUT2D eigenvalue weighted by molar-refractivity contribution is 5.99. The van der Waals surface area contributed by atoms with Crippen molar-refractivity contribution in [3.63, 3.8) is 0 Å². The van der Waals surface area contributed by atoms with Gasteiger partial charge in [0, 0.05) is 42.9 Å². The van der Waals surface area contributed by atoms with Gasteiger partial charge in [0.25, 0.3) is 5.91 Å². The van der Waals surface area contributed by atoms with Crippen molar-refractivity contribution in [2.45, 2.75) is 19.9 Å². The Labute approximate surface area is 174 Å². The molecule has 3 aromatic rings. The monoisotopic (exact) mass is 402 g/mol. The van der Waals surface area contributed by atoms with Crippen molar-refractivity contribution in [3.8, 4) is 11.5 Å². The number of carbonyl (C=O) groups is 2. The fraction of sp³-hybridized carbons (Fsp3) is 0.261. The van der Waals surface area contributed by atoms with Crippen LogP contribution in [0, 0.1) is 6.92 Å². The molecule has 0 saturated carbocycles. The Bertz CT molecular complexity index is 1120. The maximum absolute atomic E-state index is 13.2. The van der Waals surface area contributed by atoms with Gasteiger partial charge in [0.2, 0.25) is 5.89 Å². The average molecular weight is 402 g/mol. The van der Waals surface area contributed by atoms with Gasteiger partial charge in [0.05, 0.1) is 6.54 Å². The highest BCUT2D eigenvalue weighted by Gasteiger charge is 2.28. The van der Waals surface area contributed by atoms with E-state index in [1.54, 1.807) is 9.80 Å². The quantitative estimate of drug-likeness (QED) is 0.729. The number of aromatic nitrogens is 1. The number of nitrogens with zero attached hydrogens (tertiary/aromatic N) is 3. The first kappa shape index (κ1) is 18.4. The molecule has 3 amide bonds. The van der Waals surface area contributed by atoms with Crippen LogP contribution in [0.25, 0.3) is 11.5 Å². The number of anilines is 1. The molecule has 0 unspecified atom stereocenters. The molecule has 1 N–H and O–H groups in total. The van der Waals surface area contributed by atoms with Crippen LogP contribution in [0.3, 0.4) is 0 Å². The van der Waals surface area contributed by atoms with Gasteiger partial charge in [-0.05, 0) is 36.8 Å². The standard InChI is InChI=1S/C23H22N4O3/c1-15-7-8-17(13-19(15)27-12-10-24-23(27)29)22(28)26-11-9-20-18(14-26)25-21(30-20)16-5-3-2-4-6-16/h2-8,13H,9-12,14H2,1H3,(H,24,29). The summed E-state index contributed by atoms with van der Waals surface area (Å²) in [4.78, 5) is 33.4. The number of amides is 3. The lowest BCUT2D eigenvalue weighted by Gasteiger charge is -2.26. The second kappa shape index (κ2) is 7.33. The predicted octanol–water partition coefficient (Wildman–Crippen LogP) is 3.38. The molecular formula is C23H22N4O3. The third kappa shape index (κ3) is 3.22. The topological polar surface area (TPSA) is 78.7 Å². The van der Waals surface area contributed by atoms with Gasteiger partial charge in [-0.2, -0.15) is 0 Å². The zero-order valence-corrected chi connectivity index (χ0v) is 16.7. The number of carbonyl (C=O) groups excluding carboxylic acids is 2. The first-order chi connectivity index (χ1) is 14.6. The first-order valence-corrected chi connectivity index (χ1v) is 10.1. The fourth-order valence-electron chi connectivity index (χ4n) is 3.99. The van der Waals surface area contributed by atoms with Gasteiger partial charge < -0.3 is 14.6 Å². The lowest BCUT2D eigenvalue weighted by atomic mass is 10.1. The number of oxazole rings is 1. The zero-order valence-electron chi connectivity index (χ0n) is 16.7. The number of hydrogen-bond acceptors (Lipinski definition) is 4. The predicted molar refractivity (Wildman–Crippen MR) is 112 cm³/mol. The molecule has 0 aliphatic carbocycles. The Hall–Kier alpha value is -3.61. The minimum atomic E-state index is -0.124. The second-order valence-electron chi connectivity index (χ2n) is 7.62. The molecule has 1 saturated heterocycles. The van der Waals surface area contributed by atoms with Crippen molar-refractivity contribution >= 4 is 17.6 Å². The number of rotatable bonds is 3. The normalized spacial score (nSPS) is 15.8. The van der Waals surface area contributed by atoms with E-state index in [0.29, 0.717) is 44.1 Å². The summed E-state index contributed by atoms with van der Waals surface area (Å²) in [6.45, 7) is 4.15. The van der Waals surface area contributed by atoms with Crippen LogP contribution >= 0.6 is 0 Å². The van der Waals surface area contributed by atoms with Crippen LogP contribution in [0.2, 0.25) is 0 Å². The maximum atomic E-state index is 13.2. The maximum Gasteiger partial charge on any atom is 0.322 e. The minimum Gasteiger partial charge on any atom is -0.441 e. The molecule has 3 heterocycles. The lowest BCUT2D eigenvalue weighted by Crippen LogP contribution is -2.36. The van der Waals surface area contributed by atoms with Crippen LogP contribution in [0.4, 0.5) is 10.5 Å². The van der Waals surface area contributed by atoms with E-state index in [1.807, 2.05) is 55.5 Å². The highest BCUT2D eigenvalue weighted by atomic mass is 16.4. The summed E-state index contributed by atoms with van der Waals surface area (Å²) in [5.74, 6) is 1.37. The van der Waals surface area contributed by atoms with Crippen molar-refractivity contribution in [3.05, 3.63) is 71.1 Å². The molecule has 7 heteroatoms. The van der Waals surface area contributed by atoms with Crippen molar-refractivity contribution in [1.82, 2.24) is 15.2 Å². The molecule has 2 aliphatic heterocycles. The van der Waals surface area contributed by atoms with Crippen LogP contribution in [-0.2, 0) is 13.0 Å². The second-order valence-corrected chi connectivity index (χ2v) is 7.62. The molecule has 1 fully saturated rings. The fourth-order valence-corrected chi connectivity index (χ4v) is 3.99. The number of hydrogen-bond donors (Lipinski definition) is 1. The third-order valence-corrected chi connectivity index (χ3v) is 5.64. The van der Waals surface area contributed by atoms with Gasteiger partial charge in [-0.3, -0.25) is 9.69 Å². The van der Waals surface area contributed by atoms with Gasteiger partial charge in [-0.1, -0.05) is 24.3 Å². The molecule has 0 bridgehead atoms. The average Bonchev–Trinajstić information content (AvgIpc) is 3.40. The Kier molecular flexibility index (Phi) is 4.50. The smallest absolute Gasteiger partial charge is 0.322 e. The van der Waals surface area contributed by atoms with E-state index in [9.17, 15) is 9.59 Å². The Balaban J connectivity index is 1.38. The van der Waals surface area contributed by atoms with E-state index in [0.717, 1.165) is 28.3 Å². The van der Waals surface area contributed by atoms with Crippen molar-refractivity contribution in [2.75, 3.05) is 24.5 Å². The molecule has 0 radical (unpaired) electrons. The van der Waals surface area contributed by atoms with E-state index in [-0.39, 0.29) is 11.9 Å². The first-order valence-electron chi connectivity index (χ1n) is 10.1. The number of benzene rings is 2. The molecule has 0 spiro atoms. The summed E-state index contributed by atoms with van der Waals surface area (Å²) in [5.41, 5.74) is 4.05. The summed E-state index contributed by atoms with van der Waals surface area (Å²) in [6.07, 6.45) is 0.633. The van der Waals surface area contributed by atoms with Crippen LogP contribution in [-0.4, -0.2) is 41.5 Å². The number of nitrogens with one attached hydrogen (secondary N) is 1. The lowest BCUT2D eigenvalue weighted by molar-refractivity contribution is 0.0728. The zero-order chi connectivity index (χ0) is 20.7. The van der Waals surface area contributed by atoms with E-state index in [1.165, 1.54) is 0 Å². The summed E-state index contributed by atoms with van der Waals surface area (Å²) in [6, 6.07) is 15.2. The Morgan fingerprint density at radius 1 is 1.13 bits per heavy atom. The van der Waals surface area contributed by atoms with Crippen LogP contribution in [0.15, 0.2) is 52.9 Å². The summed E-state index contributed by atoms with van der Waals surface area (Å²) >= 11 is 0. The molecule has 0 atom stereocenters. The van der Waals surface area contributed by atoms with E-state index in [4.69, 9.17) is 4.42 Å². The third-order valence-electron chi connectivity index (χ3n) is 5.64. The summed E-state index contributed by atoms with van der Waals surface area (Å²) in [7, 11) is 0. The number of fused-ring (bicyclic) bond motifs is 1. The van der Waals surface area contributed by atoms with Gasteiger partial charge in [-0.15, -0.1) is 0 Å². The van der Waals surface area contributed by atoms with Gasteiger partial charge >= 0.3 is 6.03 Å². The minimum absolute atomic E-state index is 0.0641. The largest absolute Gasteiger partial charge is 0.441 e. The van der Waals surface area contributed by atoms with E-state index < -0.39 is 0 Å². The highest BCUT2D eigenvalue weighted by Crippen LogP contribution is 2.28. The molecule has 5 rings (SSSR count). The van der Waals surface area contributed by atoms with Gasteiger partial charge in [0.1, 0.15) is 11.5 Å². The van der Waals surface area contributed by atoms with E-state index in [2.05, 4.69) is 10.3 Å².